The van der Waals surface area contributed by atoms with Gasteiger partial charge in [0.15, 0.2) is 6.10 Å². The lowest BCUT2D eigenvalue weighted by Gasteiger charge is -2.10. The van der Waals surface area contributed by atoms with Crippen molar-refractivity contribution >= 4 is 17.8 Å². The van der Waals surface area contributed by atoms with Crippen LogP contribution < -0.4 is 4.74 Å². The van der Waals surface area contributed by atoms with Crippen LogP contribution in [-0.2, 0) is 9.53 Å². The normalized spacial score (nSPS) is 11.9. The van der Waals surface area contributed by atoms with Crippen molar-refractivity contribution in [1.29, 1.82) is 0 Å². The van der Waals surface area contributed by atoms with Crippen molar-refractivity contribution in [3.63, 3.8) is 0 Å². The molecule has 2 aromatic rings. The molecule has 0 saturated heterocycles. The Bertz CT molecular complexity index is 704. The highest BCUT2D eigenvalue weighted by atomic mass is 16.5. The van der Waals surface area contributed by atoms with E-state index in [1.807, 2.05) is 24.3 Å². The van der Waals surface area contributed by atoms with E-state index in [1.54, 1.807) is 50.4 Å². The van der Waals surface area contributed by atoms with Gasteiger partial charge in [-0.05, 0) is 19.1 Å². The number of hydrogen-bond acceptors (Lipinski definition) is 4. The third-order valence-corrected chi connectivity index (χ3v) is 3.26. The third-order valence-electron chi connectivity index (χ3n) is 3.26. The minimum Gasteiger partial charge on any atom is -0.496 e. The molecule has 0 aliphatic heterocycles. The zero-order chi connectivity index (χ0) is 16.7. The minimum absolute atomic E-state index is 0.232. The highest BCUT2D eigenvalue weighted by Crippen LogP contribution is 2.18. The standard InChI is InChI=1S/C19H18O4/c1-14(19(21)16-9-4-3-5-10-16)23-18(20)13-12-15-8-6-7-11-17(15)22-2/h3-14H,1-2H3/b13-12+. The fraction of sp³-hybridized carbons (Fsp3) is 0.158. The van der Waals surface area contributed by atoms with Crippen molar-refractivity contribution in [2.75, 3.05) is 7.11 Å². The Balaban J connectivity index is 1.99. The van der Waals surface area contributed by atoms with Crippen molar-refractivity contribution in [3.05, 3.63) is 71.8 Å². The predicted octanol–water partition coefficient (Wildman–Crippen LogP) is 3.52. The smallest absolute Gasteiger partial charge is 0.331 e. The summed E-state index contributed by atoms with van der Waals surface area (Å²) in [4.78, 5) is 24.0. The minimum atomic E-state index is -0.841. The molecule has 1 atom stereocenters. The summed E-state index contributed by atoms with van der Waals surface area (Å²) in [5.41, 5.74) is 1.27. The fourth-order valence-electron chi connectivity index (χ4n) is 2.07. The van der Waals surface area contributed by atoms with Gasteiger partial charge in [0.05, 0.1) is 7.11 Å². The largest absolute Gasteiger partial charge is 0.496 e. The molecule has 0 bridgehead atoms. The zero-order valence-electron chi connectivity index (χ0n) is 13.1. The van der Waals surface area contributed by atoms with Crippen LogP contribution in [0.5, 0.6) is 5.75 Å². The highest BCUT2D eigenvalue weighted by Gasteiger charge is 2.18. The van der Waals surface area contributed by atoms with Gasteiger partial charge in [0.1, 0.15) is 5.75 Å². The molecule has 2 aromatic carbocycles. The second kappa shape index (κ2) is 7.94. The Labute approximate surface area is 135 Å². The average molecular weight is 310 g/mol. The van der Waals surface area contributed by atoms with Crippen LogP contribution in [0.2, 0.25) is 0 Å². The molecule has 1 unspecified atom stereocenters. The van der Waals surface area contributed by atoms with Crippen molar-refractivity contribution in [2.24, 2.45) is 0 Å². The molecule has 23 heavy (non-hydrogen) atoms. The molecule has 0 N–H and O–H groups in total. The fourth-order valence-corrected chi connectivity index (χ4v) is 2.07. The molecule has 0 aliphatic carbocycles. The van der Waals surface area contributed by atoms with Gasteiger partial charge in [0, 0.05) is 17.2 Å². The van der Waals surface area contributed by atoms with Gasteiger partial charge in [-0.25, -0.2) is 4.79 Å². The van der Waals surface area contributed by atoms with Crippen molar-refractivity contribution in [2.45, 2.75) is 13.0 Å². The molecule has 2 rings (SSSR count). The van der Waals surface area contributed by atoms with E-state index in [1.165, 1.54) is 6.08 Å². The first-order valence-electron chi connectivity index (χ1n) is 7.23. The Hall–Kier alpha value is -2.88. The van der Waals surface area contributed by atoms with Crippen molar-refractivity contribution in [1.82, 2.24) is 0 Å². The van der Waals surface area contributed by atoms with Crippen LogP contribution in [0.25, 0.3) is 6.08 Å². The van der Waals surface area contributed by atoms with Crippen molar-refractivity contribution < 1.29 is 19.1 Å². The summed E-state index contributed by atoms with van der Waals surface area (Å²) < 4.78 is 10.3. The summed E-state index contributed by atoms with van der Waals surface area (Å²) >= 11 is 0. The monoisotopic (exact) mass is 310 g/mol. The number of para-hydroxylation sites is 1. The predicted molar refractivity (Wildman–Crippen MR) is 88.4 cm³/mol. The number of methoxy groups -OCH3 is 1. The number of ether oxygens (including phenoxy) is 2. The van der Waals surface area contributed by atoms with Gasteiger partial charge < -0.3 is 9.47 Å². The number of carbonyl (C=O) groups is 2. The van der Waals surface area contributed by atoms with Gasteiger partial charge in [-0.3, -0.25) is 4.79 Å². The van der Waals surface area contributed by atoms with E-state index < -0.39 is 12.1 Å². The van der Waals surface area contributed by atoms with E-state index in [9.17, 15) is 9.59 Å². The maximum Gasteiger partial charge on any atom is 0.331 e. The Morgan fingerprint density at radius 2 is 1.65 bits per heavy atom. The molecule has 0 spiro atoms. The summed E-state index contributed by atoms with van der Waals surface area (Å²) in [7, 11) is 1.56. The summed E-state index contributed by atoms with van der Waals surface area (Å²) in [6.45, 7) is 1.56. The van der Waals surface area contributed by atoms with Crippen LogP contribution in [0, 0.1) is 0 Å². The number of esters is 1. The number of benzene rings is 2. The van der Waals surface area contributed by atoms with Gasteiger partial charge in [0.2, 0.25) is 5.78 Å². The molecule has 0 radical (unpaired) electrons. The molecule has 0 amide bonds. The van der Waals surface area contributed by atoms with Crippen LogP contribution in [0.1, 0.15) is 22.8 Å². The van der Waals surface area contributed by atoms with Gasteiger partial charge in [0.25, 0.3) is 0 Å². The van der Waals surface area contributed by atoms with E-state index in [-0.39, 0.29) is 5.78 Å². The topological polar surface area (TPSA) is 52.6 Å². The first-order chi connectivity index (χ1) is 11.1. The molecular formula is C19H18O4. The Morgan fingerprint density at radius 1 is 1.00 bits per heavy atom. The average Bonchev–Trinajstić information content (AvgIpc) is 2.60. The van der Waals surface area contributed by atoms with E-state index in [0.717, 1.165) is 5.56 Å². The van der Waals surface area contributed by atoms with Gasteiger partial charge >= 0.3 is 5.97 Å². The third kappa shape index (κ3) is 4.54. The van der Waals surface area contributed by atoms with Crippen LogP contribution in [0.15, 0.2) is 60.7 Å². The molecule has 0 aliphatic rings. The van der Waals surface area contributed by atoms with Crippen LogP contribution in [-0.4, -0.2) is 25.0 Å². The maximum absolute atomic E-state index is 12.1. The number of hydrogen-bond donors (Lipinski definition) is 0. The van der Waals surface area contributed by atoms with Crippen LogP contribution in [0.3, 0.4) is 0 Å². The lowest BCUT2D eigenvalue weighted by molar-refractivity contribution is -0.140. The lowest BCUT2D eigenvalue weighted by atomic mass is 10.1. The molecule has 0 fully saturated rings. The SMILES string of the molecule is COc1ccccc1/C=C/C(=O)OC(C)C(=O)c1ccccc1. The Morgan fingerprint density at radius 3 is 2.35 bits per heavy atom. The van der Waals surface area contributed by atoms with Crippen molar-refractivity contribution in [3.8, 4) is 5.75 Å². The Kier molecular flexibility index (Phi) is 5.69. The number of rotatable bonds is 6. The lowest BCUT2D eigenvalue weighted by Crippen LogP contribution is -2.23. The summed E-state index contributed by atoms with van der Waals surface area (Å²) in [5, 5.41) is 0. The molecule has 118 valence electrons. The van der Waals surface area contributed by atoms with Crippen LogP contribution in [0.4, 0.5) is 0 Å². The number of carbonyl (C=O) groups excluding carboxylic acids is 2. The second-order valence-electron chi connectivity index (χ2n) is 4.88. The second-order valence-corrected chi connectivity index (χ2v) is 4.88. The molecule has 4 nitrogen and oxygen atoms in total. The first kappa shape index (κ1) is 16.5. The zero-order valence-corrected chi connectivity index (χ0v) is 13.1. The molecular weight excluding hydrogens is 292 g/mol. The van der Waals surface area contributed by atoms with Gasteiger partial charge in [-0.2, -0.15) is 0 Å². The molecule has 0 aromatic heterocycles. The van der Waals surface area contributed by atoms with Gasteiger partial charge in [-0.15, -0.1) is 0 Å². The van der Waals surface area contributed by atoms with E-state index >= 15 is 0 Å². The summed E-state index contributed by atoms with van der Waals surface area (Å²) in [6.07, 6.45) is 2.04. The van der Waals surface area contributed by atoms with E-state index in [2.05, 4.69) is 0 Å². The quantitative estimate of drug-likeness (QED) is 0.465. The number of ketones is 1. The molecule has 0 heterocycles. The maximum atomic E-state index is 12.1. The van der Waals surface area contributed by atoms with E-state index in [4.69, 9.17) is 9.47 Å². The molecule has 4 heteroatoms. The van der Waals surface area contributed by atoms with E-state index in [0.29, 0.717) is 11.3 Å². The summed E-state index contributed by atoms with van der Waals surface area (Å²) in [6, 6.07) is 16.0. The first-order valence-corrected chi connectivity index (χ1v) is 7.23. The van der Waals surface area contributed by atoms with Gasteiger partial charge in [-0.1, -0.05) is 48.5 Å². The van der Waals surface area contributed by atoms with Crippen LogP contribution >= 0.6 is 0 Å². The highest BCUT2D eigenvalue weighted by molar-refractivity contribution is 6.01. The number of Topliss-reactive ketones (excluding diaryl/α,β-unsaturated/α-hetero) is 1. The molecule has 0 saturated carbocycles. The summed E-state index contributed by atoms with van der Waals surface area (Å²) in [5.74, 6) is -0.151.